The molecule has 0 atom stereocenters. The van der Waals surface area contributed by atoms with Crippen LogP contribution in [0.4, 0.5) is 9.59 Å². The molecule has 0 radical (unpaired) electrons. The van der Waals surface area contributed by atoms with E-state index >= 15 is 0 Å². The van der Waals surface area contributed by atoms with Crippen LogP contribution in [0.1, 0.15) is 63.9 Å². The number of rotatable bonds is 8. The van der Waals surface area contributed by atoms with E-state index in [1.54, 1.807) is 0 Å². The summed E-state index contributed by atoms with van der Waals surface area (Å²) in [6.45, 7) is 8.03. The third-order valence-electron chi connectivity index (χ3n) is 7.92. The SMILES string of the molecule is CCCCOC(=O)N1CCC(CN2CCC3(CC2)CC(NC(=O)OCc2ccccc2)C3)CC1. The van der Waals surface area contributed by atoms with Gasteiger partial charge in [-0.2, -0.15) is 0 Å². The van der Waals surface area contributed by atoms with E-state index in [-0.39, 0.29) is 18.2 Å². The molecule has 1 aliphatic carbocycles. The number of carbonyl (C=O) groups excluding carboxylic acids is 2. The number of hydrogen-bond donors (Lipinski definition) is 1. The van der Waals surface area contributed by atoms with Crippen LogP contribution in [0.5, 0.6) is 0 Å². The van der Waals surface area contributed by atoms with Gasteiger partial charge in [-0.25, -0.2) is 9.59 Å². The molecule has 1 spiro atoms. The Morgan fingerprint density at radius 3 is 2.41 bits per heavy atom. The molecule has 3 aliphatic rings. The molecule has 0 unspecified atom stereocenters. The summed E-state index contributed by atoms with van der Waals surface area (Å²) in [4.78, 5) is 28.7. The van der Waals surface area contributed by atoms with E-state index in [0.717, 1.165) is 76.8 Å². The summed E-state index contributed by atoms with van der Waals surface area (Å²) >= 11 is 0. The number of likely N-dealkylation sites (tertiary alicyclic amines) is 2. The van der Waals surface area contributed by atoms with Crippen LogP contribution in [0.2, 0.25) is 0 Å². The van der Waals surface area contributed by atoms with E-state index in [1.165, 1.54) is 12.8 Å². The highest BCUT2D eigenvalue weighted by atomic mass is 16.6. The predicted octanol–water partition coefficient (Wildman–Crippen LogP) is 4.81. The second-order valence-corrected chi connectivity index (χ2v) is 10.5. The lowest BCUT2D eigenvalue weighted by molar-refractivity contribution is -0.00183. The maximum Gasteiger partial charge on any atom is 0.409 e. The minimum atomic E-state index is -0.304. The van der Waals surface area contributed by atoms with Gasteiger partial charge >= 0.3 is 12.2 Å². The zero-order valence-corrected chi connectivity index (χ0v) is 20.7. The van der Waals surface area contributed by atoms with Crippen molar-refractivity contribution in [2.45, 2.75) is 70.9 Å². The minimum Gasteiger partial charge on any atom is -0.449 e. The number of unbranched alkanes of at least 4 members (excludes halogenated alkanes) is 1. The van der Waals surface area contributed by atoms with Gasteiger partial charge in [0.05, 0.1) is 6.61 Å². The predicted molar refractivity (Wildman–Crippen MR) is 131 cm³/mol. The van der Waals surface area contributed by atoms with Crippen LogP contribution in [-0.4, -0.2) is 67.4 Å². The topological polar surface area (TPSA) is 71.1 Å². The Bertz CT molecular complexity index is 778. The van der Waals surface area contributed by atoms with Crippen molar-refractivity contribution in [1.29, 1.82) is 0 Å². The van der Waals surface area contributed by atoms with Gasteiger partial charge in [0, 0.05) is 25.7 Å². The summed E-state index contributed by atoms with van der Waals surface area (Å²) in [6, 6.07) is 10.0. The number of carbonyl (C=O) groups is 2. The van der Waals surface area contributed by atoms with Crippen molar-refractivity contribution in [3.63, 3.8) is 0 Å². The van der Waals surface area contributed by atoms with Gasteiger partial charge in [-0.05, 0) is 74.9 Å². The Kier molecular flexibility index (Phi) is 8.70. The summed E-state index contributed by atoms with van der Waals surface area (Å²) in [5, 5.41) is 3.05. The van der Waals surface area contributed by atoms with Crippen LogP contribution in [-0.2, 0) is 16.1 Å². The highest BCUT2D eigenvalue weighted by Crippen LogP contribution is 2.49. The molecular weight excluding hydrogens is 430 g/mol. The molecule has 4 rings (SSSR count). The van der Waals surface area contributed by atoms with Crippen molar-refractivity contribution in [2.24, 2.45) is 11.3 Å². The van der Waals surface area contributed by atoms with Crippen molar-refractivity contribution in [2.75, 3.05) is 39.3 Å². The van der Waals surface area contributed by atoms with Crippen molar-refractivity contribution in [3.8, 4) is 0 Å². The fourth-order valence-electron chi connectivity index (χ4n) is 5.70. The molecular formula is C27H41N3O4. The molecule has 7 heteroatoms. The molecule has 1 aromatic carbocycles. The lowest BCUT2D eigenvalue weighted by Crippen LogP contribution is -2.55. The molecule has 7 nitrogen and oxygen atoms in total. The zero-order chi connectivity index (χ0) is 23.8. The first-order valence-electron chi connectivity index (χ1n) is 13.2. The summed E-state index contributed by atoms with van der Waals surface area (Å²) < 4.78 is 10.7. The summed E-state index contributed by atoms with van der Waals surface area (Å²) in [7, 11) is 0. The fraction of sp³-hybridized carbons (Fsp3) is 0.704. The maximum atomic E-state index is 12.1. The average Bonchev–Trinajstić information content (AvgIpc) is 2.84. The number of amides is 2. The first kappa shape index (κ1) is 24.8. The largest absolute Gasteiger partial charge is 0.449 e. The monoisotopic (exact) mass is 471 g/mol. The van der Waals surface area contributed by atoms with E-state index in [9.17, 15) is 9.59 Å². The quantitative estimate of drug-likeness (QED) is 0.551. The van der Waals surface area contributed by atoms with Crippen LogP contribution in [0.25, 0.3) is 0 Å². The molecule has 34 heavy (non-hydrogen) atoms. The molecule has 1 aromatic rings. The molecule has 2 saturated heterocycles. The highest BCUT2D eigenvalue weighted by Gasteiger charge is 2.46. The van der Waals surface area contributed by atoms with Gasteiger partial charge in [-0.1, -0.05) is 43.7 Å². The van der Waals surface area contributed by atoms with Crippen LogP contribution in [0.15, 0.2) is 30.3 Å². The lowest BCUT2D eigenvalue weighted by Gasteiger charge is -2.52. The zero-order valence-electron chi connectivity index (χ0n) is 20.7. The van der Waals surface area contributed by atoms with Gasteiger partial charge < -0.3 is 24.6 Å². The molecule has 2 aliphatic heterocycles. The Labute approximate surface area is 204 Å². The number of ether oxygens (including phenoxy) is 2. The number of nitrogens with one attached hydrogen (secondary N) is 1. The molecule has 188 valence electrons. The third kappa shape index (κ3) is 6.87. The summed E-state index contributed by atoms with van der Waals surface area (Å²) in [6.07, 6.45) is 8.26. The number of benzene rings is 1. The number of nitrogens with zero attached hydrogens (tertiary/aromatic N) is 2. The van der Waals surface area contributed by atoms with Crippen LogP contribution in [0.3, 0.4) is 0 Å². The first-order chi connectivity index (χ1) is 16.5. The molecule has 2 heterocycles. The summed E-state index contributed by atoms with van der Waals surface area (Å²) in [5.74, 6) is 0.670. The third-order valence-corrected chi connectivity index (χ3v) is 7.92. The van der Waals surface area contributed by atoms with Crippen molar-refractivity contribution in [1.82, 2.24) is 15.1 Å². The van der Waals surface area contributed by atoms with E-state index in [4.69, 9.17) is 9.47 Å². The molecule has 1 saturated carbocycles. The Morgan fingerprint density at radius 2 is 1.74 bits per heavy atom. The minimum absolute atomic E-state index is 0.135. The van der Waals surface area contributed by atoms with Gasteiger partial charge in [-0.15, -0.1) is 0 Å². The molecule has 2 amide bonds. The number of piperidine rings is 2. The molecule has 0 bridgehead atoms. The lowest BCUT2D eigenvalue weighted by atomic mass is 9.60. The number of alkyl carbamates (subject to hydrolysis) is 1. The van der Waals surface area contributed by atoms with Crippen LogP contribution in [0, 0.1) is 11.3 Å². The number of hydrogen-bond acceptors (Lipinski definition) is 5. The van der Waals surface area contributed by atoms with E-state index < -0.39 is 0 Å². The average molecular weight is 472 g/mol. The highest BCUT2D eigenvalue weighted by molar-refractivity contribution is 5.68. The Balaban J connectivity index is 1.08. The van der Waals surface area contributed by atoms with Crippen LogP contribution < -0.4 is 5.32 Å². The van der Waals surface area contributed by atoms with E-state index in [2.05, 4.69) is 17.1 Å². The van der Waals surface area contributed by atoms with Crippen molar-refractivity contribution >= 4 is 12.2 Å². The fourth-order valence-corrected chi connectivity index (χ4v) is 5.70. The van der Waals surface area contributed by atoms with Crippen molar-refractivity contribution in [3.05, 3.63) is 35.9 Å². The molecule has 0 aromatic heterocycles. The van der Waals surface area contributed by atoms with Gasteiger partial charge in [0.2, 0.25) is 0 Å². The van der Waals surface area contributed by atoms with Gasteiger partial charge in [0.15, 0.2) is 0 Å². The van der Waals surface area contributed by atoms with Gasteiger partial charge in [0.1, 0.15) is 6.61 Å². The second-order valence-electron chi connectivity index (χ2n) is 10.5. The van der Waals surface area contributed by atoms with Crippen LogP contribution >= 0.6 is 0 Å². The first-order valence-corrected chi connectivity index (χ1v) is 13.2. The van der Waals surface area contributed by atoms with Gasteiger partial charge in [-0.3, -0.25) is 0 Å². The van der Waals surface area contributed by atoms with Gasteiger partial charge in [0.25, 0.3) is 0 Å². The standard InChI is InChI=1S/C27H41N3O4/c1-2-3-17-33-26(32)30-13-9-22(10-14-30)20-29-15-11-27(12-16-29)18-24(19-27)28-25(31)34-21-23-7-5-4-6-8-23/h4-8,22,24H,2-3,9-21H2,1H3,(H,28,31). The van der Waals surface area contributed by atoms with E-state index in [0.29, 0.717) is 24.5 Å². The smallest absolute Gasteiger partial charge is 0.409 e. The summed E-state index contributed by atoms with van der Waals surface area (Å²) in [5.41, 5.74) is 1.41. The second kappa shape index (κ2) is 11.9. The maximum absolute atomic E-state index is 12.1. The Hall–Kier alpha value is -2.28. The molecule has 3 fully saturated rings. The molecule has 1 N–H and O–H groups in total. The van der Waals surface area contributed by atoms with E-state index in [1.807, 2.05) is 35.2 Å². The Morgan fingerprint density at radius 1 is 1.03 bits per heavy atom. The normalized spacial score (nSPS) is 21.1. The van der Waals surface area contributed by atoms with Crippen molar-refractivity contribution < 1.29 is 19.1 Å².